The lowest BCUT2D eigenvalue weighted by atomic mass is 9.85. The minimum absolute atomic E-state index is 0.111. The van der Waals surface area contributed by atoms with Gasteiger partial charge < -0.3 is 10.1 Å². The molecule has 0 radical (unpaired) electrons. The summed E-state index contributed by atoms with van der Waals surface area (Å²) >= 11 is 0. The molecule has 2 aromatic rings. The predicted octanol–water partition coefficient (Wildman–Crippen LogP) is 3.99. The zero-order chi connectivity index (χ0) is 13.7. The fourth-order valence-electron chi connectivity index (χ4n) is 3.17. The van der Waals surface area contributed by atoms with Gasteiger partial charge in [-0.2, -0.15) is 0 Å². The van der Waals surface area contributed by atoms with Crippen molar-refractivity contribution in [1.29, 1.82) is 0 Å². The number of fused-ring (bicyclic) bond motifs is 2. The van der Waals surface area contributed by atoms with Crippen LogP contribution in [0.25, 0.3) is 11.1 Å². The summed E-state index contributed by atoms with van der Waals surface area (Å²) in [7, 11) is 0. The summed E-state index contributed by atoms with van der Waals surface area (Å²) in [5.41, 5.74) is 6.71. The van der Waals surface area contributed by atoms with Crippen LogP contribution >= 0.6 is 0 Å². The predicted molar refractivity (Wildman–Crippen MR) is 82.6 cm³/mol. The maximum Gasteiger partial charge on any atom is 0.123 e. The standard InChI is InChI=1S/C18H19NO/c1-18(2)11-20-17-6-5-13(9-15(17)18)14-4-3-12-7-8-19-16(12)10-14/h3-6,9-10,19H,7-8,11H2,1-2H3. The van der Waals surface area contributed by atoms with Crippen molar-refractivity contribution in [3.8, 4) is 16.9 Å². The Morgan fingerprint density at radius 2 is 1.85 bits per heavy atom. The van der Waals surface area contributed by atoms with E-state index in [4.69, 9.17) is 4.74 Å². The summed E-state index contributed by atoms with van der Waals surface area (Å²) in [6.45, 7) is 6.32. The number of benzene rings is 2. The highest BCUT2D eigenvalue weighted by atomic mass is 16.5. The Hall–Kier alpha value is -1.96. The molecule has 0 aliphatic carbocycles. The largest absolute Gasteiger partial charge is 0.492 e. The van der Waals surface area contributed by atoms with Gasteiger partial charge in [-0.05, 0) is 41.3 Å². The van der Waals surface area contributed by atoms with E-state index in [1.165, 1.54) is 27.9 Å². The van der Waals surface area contributed by atoms with Gasteiger partial charge in [0.2, 0.25) is 0 Å². The first kappa shape index (κ1) is 11.8. The van der Waals surface area contributed by atoms with Gasteiger partial charge in [0.05, 0.1) is 6.61 Å². The Labute approximate surface area is 119 Å². The first-order valence-electron chi connectivity index (χ1n) is 7.28. The van der Waals surface area contributed by atoms with Crippen LogP contribution in [0.1, 0.15) is 25.0 Å². The summed E-state index contributed by atoms with van der Waals surface area (Å²) in [6.07, 6.45) is 1.14. The lowest BCUT2D eigenvalue weighted by Gasteiger charge is -2.16. The minimum atomic E-state index is 0.111. The van der Waals surface area contributed by atoms with Gasteiger partial charge in [0.1, 0.15) is 5.75 Å². The van der Waals surface area contributed by atoms with E-state index in [0.717, 1.165) is 25.3 Å². The third-order valence-electron chi connectivity index (χ3n) is 4.45. The lowest BCUT2D eigenvalue weighted by molar-refractivity contribution is 0.291. The van der Waals surface area contributed by atoms with Crippen LogP contribution in [0.5, 0.6) is 5.75 Å². The maximum atomic E-state index is 5.77. The van der Waals surface area contributed by atoms with E-state index in [9.17, 15) is 0 Å². The molecule has 1 N–H and O–H groups in total. The molecule has 4 rings (SSSR count). The summed E-state index contributed by atoms with van der Waals surface area (Å²) in [5, 5.41) is 3.45. The molecule has 2 nitrogen and oxygen atoms in total. The number of hydrogen-bond donors (Lipinski definition) is 1. The minimum Gasteiger partial charge on any atom is -0.492 e. The molecule has 2 heteroatoms. The molecule has 0 saturated carbocycles. The second kappa shape index (κ2) is 4.02. The van der Waals surface area contributed by atoms with Gasteiger partial charge in [-0.15, -0.1) is 0 Å². The molecule has 2 heterocycles. The normalized spacial score (nSPS) is 18.1. The van der Waals surface area contributed by atoms with E-state index >= 15 is 0 Å². The van der Waals surface area contributed by atoms with Gasteiger partial charge in [-0.3, -0.25) is 0 Å². The van der Waals surface area contributed by atoms with E-state index < -0.39 is 0 Å². The zero-order valence-corrected chi connectivity index (χ0v) is 12.0. The molecule has 0 amide bonds. The molecule has 2 aromatic carbocycles. The third-order valence-corrected chi connectivity index (χ3v) is 4.45. The lowest BCUT2D eigenvalue weighted by Crippen LogP contribution is -2.18. The van der Waals surface area contributed by atoms with Crippen molar-refractivity contribution in [2.75, 3.05) is 18.5 Å². The van der Waals surface area contributed by atoms with E-state index in [2.05, 4.69) is 55.6 Å². The van der Waals surface area contributed by atoms with Crippen LogP contribution < -0.4 is 10.1 Å². The summed E-state index contributed by atoms with van der Waals surface area (Å²) < 4.78 is 5.77. The average Bonchev–Trinajstić information content (AvgIpc) is 3.03. The van der Waals surface area contributed by atoms with Crippen LogP contribution in [-0.2, 0) is 11.8 Å². The van der Waals surface area contributed by atoms with Crippen LogP contribution in [0.4, 0.5) is 5.69 Å². The van der Waals surface area contributed by atoms with Crippen LogP contribution in [0.3, 0.4) is 0 Å². The molecular weight excluding hydrogens is 246 g/mol. The molecule has 0 fully saturated rings. The van der Waals surface area contributed by atoms with Gasteiger partial charge in [0.15, 0.2) is 0 Å². The first-order chi connectivity index (χ1) is 9.63. The molecule has 20 heavy (non-hydrogen) atoms. The number of nitrogens with one attached hydrogen (secondary N) is 1. The van der Waals surface area contributed by atoms with Gasteiger partial charge in [-0.25, -0.2) is 0 Å². The number of ether oxygens (including phenoxy) is 1. The quantitative estimate of drug-likeness (QED) is 0.841. The topological polar surface area (TPSA) is 21.3 Å². The summed E-state index contributed by atoms with van der Waals surface area (Å²) in [6, 6.07) is 13.3. The molecule has 2 aliphatic rings. The molecule has 0 aromatic heterocycles. The van der Waals surface area contributed by atoms with Crippen LogP contribution in [0.15, 0.2) is 36.4 Å². The third kappa shape index (κ3) is 1.71. The highest BCUT2D eigenvalue weighted by Crippen LogP contribution is 2.41. The molecule has 0 unspecified atom stereocenters. The van der Waals surface area contributed by atoms with Gasteiger partial charge in [-0.1, -0.05) is 32.0 Å². The summed E-state index contributed by atoms with van der Waals surface area (Å²) in [5.74, 6) is 1.04. The molecule has 0 spiro atoms. The van der Waals surface area contributed by atoms with Gasteiger partial charge in [0, 0.05) is 23.2 Å². The molecule has 0 saturated heterocycles. The monoisotopic (exact) mass is 265 g/mol. The number of rotatable bonds is 1. The highest BCUT2D eigenvalue weighted by molar-refractivity contribution is 5.73. The van der Waals surface area contributed by atoms with Gasteiger partial charge in [0.25, 0.3) is 0 Å². The van der Waals surface area contributed by atoms with Crippen molar-refractivity contribution in [1.82, 2.24) is 0 Å². The Balaban J connectivity index is 1.80. The Morgan fingerprint density at radius 3 is 2.75 bits per heavy atom. The van der Waals surface area contributed by atoms with Crippen molar-refractivity contribution in [3.63, 3.8) is 0 Å². The van der Waals surface area contributed by atoms with Crippen molar-refractivity contribution in [3.05, 3.63) is 47.5 Å². The smallest absolute Gasteiger partial charge is 0.123 e. The van der Waals surface area contributed by atoms with Crippen LogP contribution in [0, 0.1) is 0 Å². The molecular formula is C18H19NO. The van der Waals surface area contributed by atoms with Crippen LogP contribution in [0.2, 0.25) is 0 Å². The SMILES string of the molecule is CC1(C)COc2ccc(-c3ccc4c(c3)NCC4)cc21. The molecule has 102 valence electrons. The Bertz CT molecular complexity index is 688. The average molecular weight is 265 g/mol. The van der Waals surface area contributed by atoms with Crippen LogP contribution in [-0.4, -0.2) is 13.2 Å². The summed E-state index contributed by atoms with van der Waals surface area (Å²) in [4.78, 5) is 0. The van der Waals surface area contributed by atoms with Crippen molar-refractivity contribution in [2.24, 2.45) is 0 Å². The van der Waals surface area contributed by atoms with E-state index in [1.807, 2.05) is 0 Å². The van der Waals surface area contributed by atoms with Crippen molar-refractivity contribution < 1.29 is 4.74 Å². The first-order valence-corrected chi connectivity index (χ1v) is 7.28. The molecule has 0 atom stereocenters. The number of anilines is 1. The highest BCUT2D eigenvalue weighted by Gasteiger charge is 2.31. The molecule has 2 aliphatic heterocycles. The zero-order valence-electron chi connectivity index (χ0n) is 12.0. The Kier molecular flexibility index (Phi) is 2.38. The van der Waals surface area contributed by atoms with E-state index in [1.54, 1.807) is 0 Å². The Morgan fingerprint density at radius 1 is 1.05 bits per heavy atom. The van der Waals surface area contributed by atoms with Gasteiger partial charge >= 0.3 is 0 Å². The molecule has 0 bridgehead atoms. The second-order valence-corrected chi connectivity index (χ2v) is 6.43. The fraction of sp³-hybridized carbons (Fsp3) is 0.333. The maximum absolute atomic E-state index is 5.77. The van der Waals surface area contributed by atoms with E-state index in [0.29, 0.717) is 0 Å². The van der Waals surface area contributed by atoms with Crippen molar-refractivity contribution >= 4 is 5.69 Å². The second-order valence-electron chi connectivity index (χ2n) is 6.43. The van der Waals surface area contributed by atoms with Crippen molar-refractivity contribution in [2.45, 2.75) is 25.7 Å². The number of hydrogen-bond acceptors (Lipinski definition) is 2. The fourth-order valence-corrected chi connectivity index (χ4v) is 3.17. The van der Waals surface area contributed by atoms with E-state index in [-0.39, 0.29) is 5.41 Å².